The SMILES string of the molecule is c1ccc(-c2cccc([Si](c3ccccc3)(c3ccccc3)c3ccc4c(c3)-n3c5cc(-c6ccc7oc8ccccc8c7c6)ccc5c5cccc(c53)C43c4ccccc4N(c4ccccc4)c4ccccc43)c2)cc1. The molecule has 0 saturated heterocycles. The van der Waals surface area contributed by atoms with Crippen molar-refractivity contribution in [2.24, 2.45) is 0 Å². The van der Waals surface area contributed by atoms with E-state index in [2.05, 4.69) is 295 Å². The minimum absolute atomic E-state index is 0.705. The van der Waals surface area contributed by atoms with Gasteiger partial charge in [0.25, 0.3) is 0 Å². The molecule has 0 unspecified atom stereocenters. The van der Waals surface area contributed by atoms with Gasteiger partial charge in [-0.3, -0.25) is 0 Å². The summed E-state index contributed by atoms with van der Waals surface area (Å²) < 4.78 is 8.99. The van der Waals surface area contributed by atoms with Crippen LogP contribution in [0.5, 0.6) is 0 Å². The number of fused-ring (bicyclic) bond motifs is 14. The van der Waals surface area contributed by atoms with E-state index in [1.807, 2.05) is 6.07 Å². The smallest absolute Gasteiger partial charge is 0.179 e. The molecule has 0 atom stereocenters. The monoisotopic (exact) mass is 996 g/mol. The second-order valence-electron chi connectivity index (χ2n) is 20.7. The van der Waals surface area contributed by atoms with Gasteiger partial charge in [0.1, 0.15) is 11.2 Å². The average Bonchev–Trinajstić information content (AvgIpc) is 4.07. The summed E-state index contributed by atoms with van der Waals surface area (Å²) in [6.07, 6.45) is 0. The minimum Gasteiger partial charge on any atom is -0.456 e. The molecule has 0 saturated carbocycles. The number of furan rings is 1. The highest BCUT2D eigenvalue weighted by Gasteiger charge is 2.52. The van der Waals surface area contributed by atoms with Gasteiger partial charge in [0, 0.05) is 27.2 Å². The van der Waals surface area contributed by atoms with Crippen LogP contribution in [-0.4, -0.2) is 12.6 Å². The molecule has 1 spiro atoms. The standard InChI is InChI=1S/C73H48N2OSi/c1-5-21-49(22-6-1)50-23-19-30-56(45-50)77(54-26-9-3-10-27-54,55-28-11-4-12-29-55)57-41-43-64-69(48-57)75-68-47-52(51-40-44-71-61(46-51)59-31-13-18-38-70(59)76-71)39-42-58(68)60-32-20-35-65(72(60)75)73(64)62-33-14-16-36-66(62)74(53-24-7-2-8-25-53)67-37-17-15-34-63(67)73/h1-48H. The number of rotatable bonds is 7. The van der Waals surface area contributed by atoms with Crippen molar-refractivity contribution in [3.05, 3.63) is 313 Å². The lowest BCUT2D eigenvalue weighted by Gasteiger charge is -2.49. The van der Waals surface area contributed by atoms with Crippen molar-refractivity contribution in [2.45, 2.75) is 5.41 Å². The first-order chi connectivity index (χ1) is 38.2. The Labute approximate surface area is 447 Å². The predicted octanol–water partition coefficient (Wildman–Crippen LogP) is 15.9. The van der Waals surface area contributed by atoms with Crippen LogP contribution >= 0.6 is 0 Å². The zero-order valence-corrected chi connectivity index (χ0v) is 43.0. The quantitative estimate of drug-likeness (QED) is 0.117. The van der Waals surface area contributed by atoms with Gasteiger partial charge in [-0.25, -0.2) is 0 Å². The maximum atomic E-state index is 6.35. The van der Waals surface area contributed by atoms with Gasteiger partial charge in [0.05, 0.1) is 33.5 Å². The molecule has 12 aromatic carbocycles. The summed E-state index contributed by atoms with van der Waals surface area (Å²) in [7, 11) is -3.14. The van der Waals surface area contributed by atoms with Crippen molar-refractivity contribution in [3.8, 4) is 27.9 Å². The second kappa shape index (κ2) is 16.9. The van der Waals surface area contributed by atoms with E-state index in [0.717, 1.165) is 38.8 Å². The Morgan fingerprint density at radius 2 is 0.818 bits per heavy atom. The third-order valence-corrected chi connectivity index (χ3v) is 21.7. The van der Waals surface area contributed by atoms with Crippen LogP contribution in [0, 0.1) is 0 Å². The molecule has 2 aliphatic heterocycles. The summed E-state index contributed by atoms with van der Waals surface area (Å²) in [5.41, 5.74) is 17.9. The van der Waals surface area contributed by atoms with E-state index in [0.29, 0.717) is 0 Å². The minimum atomic E-state index is -3.14. The number of benzene rings is 12. The summed E-state index contributed by atoms with van der Waals surface area (Å²) in [4.78, 5) is 2.48. The molecule has 4 heteroatoms. The Hall–Kier alpha value is -9.74. The lowest BCUT2D eigenvalue weighted by molar-refractivity contribution is 0.669. The van der Waals surface area contributed by atoms with Gasteiger partial charge in [-0.1, -0.05) is 237 Å². The van der Waals surface area contributed by atoms with Crippen LogP contribution in [0.2, 0.25) is 0 Å². The van der Waals surface area contributed by atoms with Gasteiger partial charge in [0.15, 0.2) is 8.07 Å². The first kappa shape index (κ1) is 43.6. The van der Waals surface area contributed by atoms with E-state index in [4.69, 9.17) is 4.42 Å². The van der Waals surface area contributed by atoms with Gasteiger partial charge in [0.2, 0.25) is 0 Å². The predicted molar refractivity (Wildman–Crippen MR) is 323 cm³/mol. The molecule has 0 N–H and O–H groups in total. The van der Waals surface area contributed by atoms with Crippen LogP contribution in [0.3, 0.4) is 0 Å². The van der Waals surface area contributed by atoms with Gasteiger partial charge in [-0.15, -0.1) is 0 Å². The number of aromatic nitrogens is 1. The van der Waals surface area contributed by atoms with Crippen molar-refractivity contribution in [3.63, 3.8) is 0 Å². The second-order valence-corrected chi connectivity index (χ2v) is 24.5. The molecule has 0 radical (unpaired) electrons. The van der Waals surface area contributed by atoms with Crippen molar-refractivity contribution in [2.75, 3.05) is 4.90 Å². The van der Waals surface area contributed by atoms with Gasteiger partial charge < -0.3 is 13.9 Å². The summed E-state index contributed by atoms with van der Waals surface area (Å²) >= 11 is 0. The zero-order chi connectivity index (χ0) is 50.7. The molecule has 14 aromatic rings. The number of para-hydroxylation sites is 5. The van der Waals surface area contributed by atoms with Crippen molar-refractivity contribution < 1.29 is 4.42 Å². The average molecular weight is 997 g/mol. The van der Waals surface area contributed by atoms with Crippen LogP contribution in [-0.2, 0) is 5.41 Å². The number of nitrogens with zero attached hydrogens (tertiary/aromatic N) is 2. The van der Waals surface area contributed by atoms with Gasteiger partial charge in [-0.2, -0.15) is 0 Å². The highest BCUT2D eigenvalue weighted by Crippen LogP contribution is 2.62. The molecular formula is C73H48N2OSi. The Kier molecular flexibility index (Phi) is 9.57. The summed E-state index contributed by atoms with van der Waals surface area (Å²) in [6.45, 7) is 0. The fourth-order valence-electron chi connectivity index (χ4n) is 13.7. The van der Waals surface area contributed by atoms with E-state index in [9.17, 15) is 0 Å². The Morgan fingerprint density at radius 1 is 0.299 bits per heavy atom. The highest BCUT2D eigenvalue weighted by molar-refractivity contribution is 7.20. The molecule has 16 rings (SSSR count). The maximum absolute atomic E-state index is 6.35. The van der Waals surface area contributed by atoms with Crippen molar-refractivity contribution in [1.29, 1.82) is 0 Å². The molecule has 0 amide bonds. The van der Waals surface area contributed by atoms with E-state index in [-0.39, 0.29) is 0 Å². The molecule has 2 aromatic heterocycles. The lowest BCUT2D eigenvalue weighted by Crippen LogP contribution is -2.74. The molecular weight excluding hydrogens is 949 g/mol. The van der Waals surface area contributed by atoms with E-state index < -0.39 is 13.5 Å². The Bertz CT molecular complexity index is 4550. The first-order valence-corrected chi connectivity index (χ1v) is 28.7. The molecule has 2 aliphatic rings. The Balaban J connectivity index is 1.05. The fraction of sp³-hybridized carbons (Fsp3) is 0.0137. The third kappa shape index (κ3) is 6.19. The summed E-state index contributed by atoms with van der Waals surface area (Å²) in [5.74, 6) is 0. The highest BCUT2D eigenvalue weighted by atomic mass is 28.3. The van der Waals surface area contributed by atoms with Crippen LogP contribution in [0.4, 0.5) is 17.1 Å². The van der Waals surface area contributed by atoms with Crippen LogP contribution < -0.4 is 25.6 Å². The summed E-state index contributed by atoms with van der Waals surface area (Å²) in [6, 6.07) is 109. The van der Waals surface area contributed by atoms with Crippen LogP contribution in [0.25, 0.3) is 71.7 Å². The molecule has 360 valence electrons. The van der Waals surface area contributed by atoms with E-state index in [1.54, 1.807) is 0 Å². The number of anilines is 3. The molecule has 0 aliphatic carbocycles. The molecule has 77 heavy (non-hydrogen) atoms. The number of hydrogen-bond donors (Lipinski definition) is 0. The van der Waals surface area contributed by atoms with Crippen molar-refractivity contribution in [1.82, 2.24) is 4.57 Å². The van der Waals surface area contributed by atoms with Gasteiger partial charge >= 0.3 is 0 Å². The van der Waals surface area contributed by atoms with Gasteiger partial charge in [-0.05, 0) is 120 Å². The fourth-order valence-corrected chi connectivity index (χ4v) is 18.5. The Morgan fingerprint density at radius 3 is 1.56 bits per heavy atom. The molecule has 4 heterocycles. The van der Waals surface area contributed by atoms with Crippen LogP contribution in [0.15, 0.2) is 296 Å². The first-order valence-electron chi connectivity index (χ1n) is 26.7. The maximum Gasteiger partial charge on any atom is 0.179 e. The lowest BCUT2D eigenvalue weighted by atomic mass is 9.60. The normalized spacial score (nSPS) is 13.3. The molecule has 3 nitrogen and oxygen atoms in total. The molecule has 0 fully saturated rings. The van der Waals surface area contributed by atoms with Crippen molar-refractivity contribution >= 4 is 89.6 Å². The third-order valence-electron chi connectivity index (χ3n) is 16.9. The topological polar surface area (TPSA) is 21.3 Å². The van der Waals surface area contributed by atoms with Crippen LogP contribution in [0.1, 0.15) is 22.3 Å². The largest absolute Gasteiger partial charge is 0.456 e. The van der Waals surface area contributed by atoms with E-state index in [1.165, 1.54) is 93.0 Å². The van der Waals surface area contributed by atoms with E-state index >= 15 is 0 Å². The number of hydrogen-bond acceptors (Lipinski definition) is 2. The zero-order valence-electron chi connectivity index (χ0n) is 42.0. The molecule has 0 bridgehead atoms. The summed E-state index contributed by atoms with van der Waals surface area (Å²) in [5, 5.41) is 10.0.